The minimum absolute atomic E-state index is 0.912. The lowest BCUT2D eigenvalue weighted by Crippen LogP contribution is -2.20. The first-order valence-corrected chi connectivity index (χ1v) is 7.39. The SMILES string of the molecule is CCNCc1ccccc1N(CC)c1ccc(C)cc1. The maximum atomic E-state index is 3.42. The Kier molecular flexibility index (Phi) is 5.19. The van der Waals surface area contributed by atoms with Crippen LogP contribution >= 0.6 is 0 Å². The molecule has 0 unspecified atom stereocenters. The average Bonchev–Trinajstić information content (AvgIpc) is 2.49. The van der Waals surface area contributed by atoms with E-state index in [4.69, 9.17) is 0 Å². The molecule has 0 fully saturated rings. The molecular formula is C18H24N2. The first-order valence-electron chi connectivity index (χ1n) is 7.39. The number of hydrogen-bond donors (Lipinski definition) is 1. The van der Waals surface area contributed by atoms with Gasteiger partial charge in [0.25, 0.3) is 0 Å². The number of nitrogens with zero attached hydrogens (tertiary/aromatic N) is 1. The third-order valence-electron chi connectivity index (χ3n) is 3.51. The van der Waals surface area contributed by atoms with Crippen molar-refractivity contribution in [3.05, 3.63) is 59.7 Å². The van der Waals surface area contributed by atoms with Crippen molar-refractivity contribution in [3.8, 4) is 0 Å². The number of rotatable bonds is 6. The molecule has 2 nitrogen and oxygen atoms in total. The van der Waals surface area contributed by atoms with Crippen LogP contribution in [-0.4, -0.2) is 13.1 Å². The molecule has 2 rings (SSSR count). The summed E-state index contributed by atoms with van der Waals surface area (Å²) in [5.41, 5.74) is 5.18. The fourth-order valence-electron chi connectivity index (χ4n) is 2.40. The molecule has 0 aliphatic heterocycles. The molecule has 0 saturated heterocycles. The third kappa shape index (κ3) is 3.40. The summed E-state index contributed by atoms with van der Waals surface area (Å²) in [5.74, 6) is 0. The van der Waals surface area contributed by atoms with E-state index in [1.54, 1.807) is 0 Å². The smallest absolute Gasteiger partial charge is 0.0456 e. The topological polar surface area (TPSA) is 15.3 Å². The molecule has 0 atom stereocenters. The van der Waals surface area contributed by atoms with E-state index in [-0.39, 0.29) is 0 Å². The average molecular weight is 268 g/mol. The zero-order valence-electron chi connectivity index (χ0n) is 12.7. The minimum atomic E-state index is 0.912. The Balaban J connectivity index is 2.33. The molecule has 0 heterocycles. The van der Waals surface area contributed by atoms with Gasteiger partial charge in [-0.1, -0.05) is 42.8 Å². The molecule has 106 valence electrons. The Bertz CT molecular complexity index is 531. The molecule has 0 bridgehead atoms. The first kappa shape index (κ1) is 14.6. The van der Waals surface area contributed by atoms with Gasteiger partial charge in [-0.2, -0.15) is 0 Å². The summed E-state index contributed by atoms with van der Waals surface area (Å²) in [6, 6.07) is 17.4. The van der Waals surface area contributed by atoms with Gasteiger partial charge in [-0.05, 0) is 44.2 Å². The summed E-state index contributed by atoms with van der Waals surface area (Å²) in [6.07, 6.45) is 0. The first-order chi connectivity index (χ1) is 9.76. The molecule has 0 amide bonds. The highest BCUT2D eigenvalue weighted by atomic mass is 15.1. The van der Waals surface area contributed by atoms with Gasteiger partial charge in [0, 0.05) is 24.5 Å². The summed E-state index contributed by atoms with van der Waals surface area (Å²) >= 11 is 0. The summed E-state index contributed by atoms with van der Waals surface area (Å²) in [7, 11) is 0. The Morgan fingerprint density at radius 1 is 0.950 bits per heavy atom. The van der Waals surface area contributed by atoms with Crippen molar-refractivity contribution in [1.29, 1.82) is 0 Å². The zero-order valence-corrected chi connectivity index (χ0v) is 12.7. The summed E-state index contributed by atoms with van der Waals surface area (Å²) in [4.78, 5) is 2.37. The number of para-hydroxylation sites is 1. The van der Waals surface area contributed by atoms with Gasteiger partial charge in [-0.3, -0.25) is 0 Å². The van der Waals surface area contributed by atoms with Crippen molar-refractivity contribution >= 4 is 11.4 Å². The van der Waals surface area contributed by atoms with Crippen molar-refractivity contribution in [2.24, 2.45) is 0 Å². The lowest BCUT2D eigenvalue weighted by atomic mass is 10.1. The molecule has 0 saturated carbocycles. The maximum absolute atomic E-state index is 3.42. The largest absolute Gasteiger partial charge is 0.342 e. The highest BCUT2D eigenvalue weighted by Crippen LogP contribution is 2.28. The van der Waals surface area contributed by atoms with Crippen molar-refractivity contribution in [2.75, 3.05) is 18.0 Å². The number of benzene rings is 2. The normalized spacial score (nSPS) is 10.6. The molecule has 1 N–H and O–H groups in total. The molecule has 0 aromatic heterocycles. The lowest BCUT2D eigenvalue weighted by molar-refractivity contribution is 0.725. The second kappa shape index (κ2) is 7.11. The van der Waals surface area contributed by atoms with Gasteiger partial charge in [-0.25, -0.2) is 0 Å². The van der Waals surface area contributed by atoms with Gasteiger partial charge in [0.15, 0.2) is 0 Å². The Morgan fingerprint density at radius 3 is 2.30 bits per heavy atom. The van der Waals surface area contributed by atoms with Crippen LogP contribution in [-0.2, 0) is 6.54 Å². The Hall–Kier alpha value is -1.80. The van der Waals surface area contributed by atoms with Crippen LogP contribution in [0.5, 0.6) is 0 Å². The van der Waals surface area contributed by atoms with Gasteiger partial charge >= 0.3 is 0 Å². The fraction of sp³-hybridized carbons (Fsp3) is 0.333. The van der Waals surface area contributed by atoms with Gasteiger partial charge < -0.3 is 10.2 Å². The van der Waals surface area contributed by atoms with Gasteiger partial charge in [0.1, 0.15) is 0 Å². The second-order valence-corrected chi connectivity index (χ2v) is 4.99. The van der Waals surface area contributed by atoms with E-state index in [2.05, 4.69) is 79.5 Å². The quantitative estimate of drug-likeness (QED) is 0.842. The summed E-state index contributed by atoms with van der Waals surface area (Å²) < 4.78 is 0. The predicted molar refractivity (Wildman–Crippen MR) is 87.7 cm³/mol. The van der Waals surface area contributed by atoms with E-state index in [0.717, 1.165) is 19.6 Å². The van der Waals surface area contributed by atoms with E-state index in [9.17, 15) is 0 Å². The highest BCUT2D eigenvalue weighted by molar-refractivity contribution is 5.66. The predicted octanol–water partition coefficient (Wildman–Crippen LogP) is 4.26. The van der Waals surface area contributed by atoms with Crippen LogP contribution in [0.2, 0.25) is 0 Å². The number of anilines is 2. The van der Waals surface area contributed by atoms with Crippen molar-refractivity contribution < 1.29 is 0 Å². The van der Waals surface area contributed by atoms with Crippen LogP contribution in [0.1, 0.15) is 25.0 Å². The van der Waals surface area contributed by atoms with Crippen LogP contribution in [0.4, 0.5) is 11.4 Å². The number of hydrogen-bond acceptors (Lipinski definition) is 2. The van der Waals surface area contributed by atoms with Crippen molar-refractivity contribution in [1.82, 2.24) is 5.32 Å². The molecule has 2 heteroatoms. The standard InChI is InChI=1S/C18H24N2/c1-4-19-14-16-8-6-7-9-18(16)20(5-2)17-12-10-15(3)11-13-17/h6-13,19H,4-5,14H2,1-3H3. The van der Waals surface area contributed by atoms with E-state index >= 15 is 0 Å². The Morgan fingerprint density at radius 2 is 1.65 bits per heavy atom. The highest BCUT2D eigenvalue weighted by Gasteiger charge is 2.10. The number of aryl methyl sites for hydroxylation is 1. The van der Waals surface area contributed by atoms with E-state index < -0.39 is 0 Å². The van der Waals surface area contributed by atoms with Crippen LogP contribution in [0.15, 0.2) is 48.5 Å². The number of nitrogens with one attached hydrogen (secondary N) is 1. The summed E-state index contributed by atoms with van der Waals surface area (Å²) in [5, 5.41) is 3.42. The van der Waals surface area contributed by atoms with E-state index in [1.165, 1.54) is 22.5 Å². The fourth-order valence-corrected chi connectivity index (χ4v) is 2.40. The van der Waals surface area contributed by atoms with Crippen LogP contribution in [0.3, 0.4) is 0 Å². The monoisotopic (exact) mass is 268 g/mol. The molecule has 0 aliphatic carbocycles. The molecule has 2 aromatic carbocycles. The maximum Gasteiger partial charge on any atom is 0.0456 e. The molecule has 0 spiro atoms. The zero-order chi connectivity index (χ0) is 14.4. The summed E-state index contributed by atoms with van der Waals surface area (Å²) in [6.45, 7) is 9.33. The Labute approximate surface area is 122 Å². The lowest BCUT2D eigenvalue weighted by Gasteiger charge is -2.26. The molecule has 0 aliphatic rings. The van der Waals surface area contributed by atoms with E-state index in [1.807, 2.05) is 0 Å². The van der Waals surface area contributed by atoms with Crippen LogP contribution < -0.4 is 10.2 Å². The van der Waals surface area contributed by atoms with Gasteiger partial charge in [0.2, 0.25) is 0 Å². The van der Waals surface area contributed by atoms with Crippen molar-refractivity contribution in [2.45, 2.75) is 27.3 Å². The molecule has 0 radical (unpaired) electrons. The van der Waals surface area contributed by atoms with Crippen LogP contribution in [0, 0.1) is 6.92 Å². The minimum Gasteiger partial charge on any atom is -0.342 e. The van der Waals surface area contributed by atoms with Crippen LogP contribution in [0.25, 0.3) is 0 Å². The van der Waals surface area contributed by atoms with Gasteiger partial charge in [-0.15, -0.1) is 0 Å². The molecular weight excluding hydrogens is 244 g/mol. The molecule has 2 aromatic rings. The second-order valence-electron chi connectivity index (χ2n) is 4.99. The molecule has 20 heavy (non-hydrogen) atoms. The van der Waals surface area contributed by atoms with Gasteiger partial charge in [0.05, 0.1) is 0 Å². The third-order valence-corrected chi connectivity index (χ3v) is 3.51. The van der Waals surface area contributed by atoms with Crippen molar-refractivity contribution in [3.63, 3.8) is 0 Å². The van der Waals surface area contributed by atoms with E-state index in [0.29, 0.717) is 0 Å².